The highest BCUT2D eigenvalue weighted by molar-refractivity contribution is 6.30. The van der Waals surface area contributed by atoms with Crippen molar-refractivity contribution in [2.75, 3.05) is 0 Å². The lowest BCUT2D eigenvalue weighted by molar-refractivity contribution is -0.384. The van der Waals surface area contributed by atoms with Crippen molar-refractivity contribution in [3.63, 3.8) is 0 Å². The zero-order valence-corrected chi connectivity index (χ0v) is 12.8. The third kappa shape index (κ3) is 3.08. The zero-order chi connectivity index (χ0) is 16.4. The molecular weight excluding hydrogens is 316 g/mol. The number of nitro groups is 1. The van der Waals surface area contributed by atoms with Crippen LogP contribution in [0.3, 0.4) is 0 Å². The minimum atomic E-state index is -0.423. The molecule has 3 rings (SSSR count). The first-order chi connectivity index (χ1) is 11.1. The highest BCUT2D eigenvalue weighted by Crippen LogP contribution is 2.27. The average molecular weight is 329 g/mol. The van der Waals surface area contributed by atoms with Gasteiger partial charge in [-0.25, -0.2) is 4.68 Å². The lowest BCUT2D eigenvalue weighted by atomic mass is 10.1. The summed E-state index contributed by atoms with van der Waals surface area (Å²) in [6.45, 7) is 0.273. The molecule has 0 unspecified atom stereocenters. The van der Waals surface area contributed by atoms with E-state index in [1.54, 1.807) is 28.9 Å². The molecule has 0 saturated heterocycles. The number of aromatic nitrogens is 2. The van der Waals surface area contributed by atoms with Gasteiger partial charge in [-0.15, -0.1) is 0 Å². The van der Waals surface area contributed by atoms with E-state index >= 15 is 0 Å². The smallest absolute Gasteiger partial charge is 0.270 e. The Hall–Kier alpha value is -2.70. The Bertz CT molecular complexity index is 876. The molecule has 116 valence electrons. The number of benzene rings is 2. The Balaban J connectivity index is 2.17. The van der Waals surface area contributed by atoms with Crippen LogP contribution in [0.15, 0.2) is 54.6 Å². The number of rotatable bonds is 4. The first-order valence-electron chi connectivity index (χ1n) is 6.88. The van der Waals surface area contributed by atoms with E-state index in [0.717, 1.165) is 11.4 Å². The molecule has 0 aliphatic rings. The quantitative estimate of drug-likeness (QED) is 0.586. The van der Waals surface area contributed by atoms with Gasteiger partial charge in [0.15, 0.2) is 0 Å². The van der Waals surface area contributed by atoms with Gasteiger partial charge in [-0.2, -0.15) is 5.10 Å². The van der Waals surface area contributed by atoms with E-state index in [1.807, 2.05) is 18.2 Å². The lowest BCUT2D eigenvalue weighted by Crippen LogP contribution is -2.02. The molecule has 23 heavy (non-hydrogen) atoms. The van der Waals surface area contributed by atoms with Crippen LogP contribution in [-0.4, -0.2) is 14.7 Å². The molecule has 1 aromatic heterocycles. The molecule has 0 amide bonds. The summed E-state index contributed by atoms with van der Waals surface area (Å²) in [5.41, 5.74) is 8.56. The second kappa shape index (κ2) is 6.20. The van der Waals surface area contributed by atoms with Crippen molar-refractivity contribution in [1.29, 1.82) is 0 Å². The molecule has 2 N–H and O–H groups in total. The zero-order valence-electron chi connectivity index (χ0n) is 12.0. The Morgan fingerprint density at radius 1 is 1.17 bits per heavy atom. The van der Waals surface area contributed by atoms with Crippen molar-refractivity contribution in [3.05, 3.63) is 75.4 Å². The van der Waals surface area contributed by atoms with Crippen LogP contribution in [0.25, 0.3) is 16.9 Å². The van der Waals surface area contributed by atoms with E-state index in [2.05, 4.69) is 5.10 Å². The predicted molar refractivity (Wildman–Crippen MR) is 88.6 cm³/mol. The number of hydrogen-bond acceptors (Lipinski definition) is 4. The van der Waals surface area contributed by atoms with Gasteiger partial charge in [0.2, 0.25) is 0 Å². The van der Waals surface area contributed by atoms with E-state index in [1.165, 1.54) is 12.1 Å². The number of non-ortho nitro benzene ring substituents is 1. The number of halogens is 1. The molecule has 6 nitrogen and oxygen atoms in total. The third-order valence-electron chi connectivity index (χ3n) is 3.37. The van der Waals surface area contributed by atoms with Crippen LogP contribution in [0.4, 0.5) is 5.69 Å². The Morgan fingerprint density at radius 3 is 2.65 bits per heavy atom. The van der Waals surface area contributed by atoms with Gasteiger partial charge in [-0.3, -0.25) is 10.1 Å². The first-order valence-corrected chi connectivity index (χ1v) is 7.26. The fourth-order valence-corrected chi connectivity index (χ4v) is 2.50. The molecule has 0 fully saturated rings. The molecule has 0 atom stereocenters. The van der Waals surface area contributed by atoms with Gasteiger partial charge in [-0.05, 0) is 24.3 Å². The maximum atomic E-state index is 11.0. The molecule has 0 saturated carbocycles. The highest BCUT2D eigenvalue weighted by atomic mass is 35.5. The summed E-state index contributed by atoms with van der Waals surface area (Å²) in [5, 5.41) is 16.0. The summed E-state index contributed by atoms with van der Waals surface area (Å²) in [4.78, 5) is 10.6. The first kappa shape index (κ1) is 15.2. The number of nitro benzene ring substituents is 1. The summed E-state index contributed by atoms with van der Waals surface area (Å²) < 4.78 is 1.69. The predicted octanol–water partition coefficient (Wildman–Crippen LogP) is 3.56. The van der Waals surface area contributed by atoms with Crippen LogP contribution >= 0.6 is 11.6 Å². The molecule has 0 bridgehead atoms. The molecule has 3 aromatic rings. The summed E-state index contributed by atoms with van der Waals surface area (Å²) in [6, 6.07) is 15.4. The third-order valence-corrected chi connectivity index (χ3v) is 3.61. The maximum absolute atomic E-state index is 11.0. The van der Waals surface area contributed by atoms with E-state index in [9.17, 15) is 10.1 Å². The molecule has 2 aromatic carbocycles. The van der Waals surface area contributed by atoms with Gasteiger partial charge < -0.3 is 5.73 Å². The van der Waals surface area contributed by atoms with E-state index < -0.39 is 4.92 Å². The lowest BCUT2D eigenvalue weighted by Gasteiger charge is -2.08. The second-order valence-electron chi connectivity index (χ2n) is 4.92. The normalized spacial score (nSPS) is 10.7. The summed E-state index contributed by atoms with van der Waals surface area (Å²) in [6.07, 6.45) is 0. The van der Waals surface area contributed by atoms with Crippen LogP contribution in [0.2, 0.25) is 5.02 Å². The Kier molecular flexibility index (Phi) is 4.10. The number of hydrogen-bond donors (Lipinski definition) is 1. The van der Waals surface area contributed by atoms with E-state index in [0.29, 0.717) is 16.3 Å². The number of nitrogens with zero attached hydrogens (tertiary/aromatic N) is 3. The number of nitrogens with two attached hydrogens (primary N) is 1. The summed E-state index contributed by atoms with van der Waals surface area (Å²) >= 11 is 6.05. The maximum Gasteiger partial charge on any atom is 0.270 e. The second-order valence-corrected chi connectivity index (χ2v) is 5.36. The fraction of sp³-hybridized carbons (Fsp3) is 0.0625. The molecule has 0 spiro atoms. The Labute approximate surface area is 137 Å². The average Bonchev–Trinajstić information content (AvgIpc) is 2.99. The molecule has 0 aliphatic heterocycles. The van der Waals surface area contributed by atoms with Gasteiger partial charge in [-0.1, -0.05) is 29.8 Å². The van der Waals surface area contributed by atoms with Gasteiger partial charge in [0.25, 0.3) is 5.69 Å². The molecule has 1 heterocycles. The monoisotopic (exact) mass is 328 g/mol. The van der Waals surface area contributed by atoms with Crippen LogP contribution in [0.5, 0.6) is 0 Å². The van der Waals surface area contributed by atoms with Crippen LogP contribution in [0.1, 0.15) is 5.69 Å². The van der Waals surface area contributed by atoms with Crippen molar-refractivity contribution in [2.45, 2.75) is 6.54 Å². The van der Waals surface area contributed by atoms with Crippen molar-refractivity contribution in [2.24, 2.45) is 5.73 Å². The topological polar surface area (TPSA) is 87.0 Å². The fourth-order valence-electron chi connectivity index (χ4n) is 2.32. The van der Waals surface area contributed by atoms with Gasteiger partial charge in [0.05, 0.1) is 22.0 Å². The van der Waals surface area contributed by atoms with E-state index in [4.69, 9.17) is 17.3 Å². The molecular formula is C16H13ClN4O2. The molecule has 0 radical (unpaired) electrons. The minimum absolute atomic E-state index is 0.0237. The van der Waals surface area contributed by atoms with Crippen molar-refractivity contribution >= 4 is 17.3 Å². The molecule has 7 heteroatoms. The van der Waals surface area contributed by atoms with Crippen molar-refractivity contribution < 1.29 is 4.92 Å². The van der Waals surface area contributed by atoms with Crippen LogP contribution in [-0.2, 0) is 6.54 Å². The van der Waals surface area contributed by atoms with Gasteiger partial charge in [0.1, 0.15) is 0 Å². The van der Waals surface area contributed by atoms with E-state index in [-0.39, 0.29) is 12.2 Å². The SMILES string of the molecule is NCc1cc(-c2cccc([N+](=O)[O-])c2)n(-c2cccc(Cl)c2)n1. The van der Waals surface area contributed by atoms with Crippen LogP contribution in [0, 0.1) is 10.1 Å². The summed E-state index contributed by atoms with van der Waals surface area (Å²) in [7, 11) is 0. The highest BCUT2D eigenvalue weighted by Gasteiger charge is 2.14. The van der Waals surface area contributed by atoms with Crippen molar-refractivity contribution in [1.82, 2.24) is 9.78 Å². The Morgan fingerprint density at radius 2 is 1.96 bits per heavy atom. The summed E-state index contributed by atoms with van der Waals surface area (Å²) in [5.74, 6) is 0. The van der Waals surface area contributed by atoms with Crippen LogP contribution < -0.4 is 5.73 Å². The largest absolute Gasteiger partial charge is 0.325 e. The standard InChI is InChI=1S/C16H13ClN4O2/c17-12-4-2-5-14(8-12)20-16(9-13(10-18)19-20)11-3-1-6-15(7-11)21(22)23/h1-9H,10,18H2. The minimum Gasteiger partial charge on any atom is -0.325 e. The van der Waals surface area contributed by atoms with Gasteiger partial charge >= 0.3 is 0 Å². The van der Waals surface area contributed by atoms with Gasteiger partial charge in [0, 0.05) is 29.3 Å². The van der Waals surface area contributed by atoms with Crippen molar-refractivity contribution in [3.8, 4) is 16.9 Å². The molecule has 0 aliphatic carbocycles.